The Morgan fingerprint density at radius 2 is 1.53 bits per heavy atom. The lowest BCUT2D eigenvalue weighted by molar-refractivity contribution is -0.137. The first-order chi connectivity index (χ1) is 14.2. The van der Waals surface area contributed by atoms with E-state index in [0.29, 0.717) is 19.5 Å². The van der Waals surface area contributed by atoms with Gasteiger partial charge in [-0.1, -0.05) is 18.6 Å². The lowest BCUT2D eigenvalue weighted by Gasteiger charge is -2.25. The molecule has 162 valence electrons. The summed E-state index contributed by atoms with van der Waals surface area (Å²) in [4.78, 5) is 12.3. The number of aryl methyl sites for hydroxylation is 1. The van der Waals surface area contributed by atoms with Crippen LogP contribution in [0, 0.1) is 0 Å². The molecule has 0 saturated carbocycles. The normalized spacial score (nSPS) is 15.7. The number of halogens is 3. The van der Waals surface area contributed by atoms with Crippen LogP contribution in [0.4, 0.5) is 18.9 Å². The average Bonchev–Trinajstić information content (AvgIpc) is 2.73. The third kappa shape index (κ3) is 5.60. The number of nitrogens with one attached hydrogen (secondary N) is 1. The van der Waals surface area contributed by atoms with Crippen LogP contribution in [-0.4, -0.2) is 31.7 Å². The summed E-state index contributed by atoms with van der Waals surface area (Å²) in [7, 11) is -3.49. The third-order valence-corrected chi connectivity index (χ3v) is 6.93. The van der Waals surface area contributed by atoms with Crippen molar-refractivity contribution in [3.8, 4) is 0 Å². The van der Waals surface area contributed by atoms with Crippen molar-refractivity contribution in [3.05, 3.63) is 59.7 Å². The number of anilines is 1. The molecule has 1 amide bonds. The summed E-state index contributed by atoms with van der Waals surface area (Å²) in [5.74, 6) is -0.334. The Hall–Kier alpha value is -2.39. The van der Waals surface area contributed by atoms with Gasteiger partial charge in [-0.2, -0.15) is 17.5 Å². The number of carbonyl (C=O) groups is 1. The molecule has 9 heteroatoms. The quantitative estimate of drug-likeness (QED) is 0.722. The van der Waals surface area contributed by atoms with E-state index in [1.165, 1.54) is 16.4 Å². The molecule has 2 aromatic carbocycles. The molecule has 0 unspecified atom stereocenters. The zero-order valence-electron chi connectivity index (χ0n) is 16.3. The Kier molecular flexibility index (Phi) is 6.82. The van der Waals surface area contributed by atoms with Crippen LogP contribution in [0.25, 0.3) is 0 Å². The lowest BCUT2D eigenvalue weighted by Crippen LogP contribution is -2.35. The zero-order chi connectivity index (χ0) is 21.8. The van der Waals surface area contributed by atoms with Crippen molar-refractivity contribution in [2.45, 2.75) is 43.2 Å². The molecule has 0 aromatic heterocycles. The molecule has 30 heavy (non-hydrogen) atoms. The molecule has 0 spiro atoms. The van der Waals surface area contributed by atoms with Gasteiger partial charge >= 0.3 is 6.18 Å². The van der Waals surface area contributed by atoms with E-state index >= 15 is 0 Å². The van der Waals surface area contributed by atoms with Crippen molar-refractivity contribution in [3.63, 3.8) is 0 Å². The van der Waals surface area contributed by atoms with Crippen LogP contribution in [-0.2, 0) is 27.4 Å². The summed E-state index contributed by atoms with van der Waals surface area (Å²) in [6.45, 7) is 1.07. The van der Waals surface area contributed by atoms with Crippen molar-refractivity contribution in [2.75, 3.05) is 18.4 Å². The van der Waals surface area contributed by atoms with Gasteiger partial charge < -0.3 is 5.32 Å². The van der Waals surface area contributed by atoms with Gasteiger partial charge in [-0.3, -0.25) is 4.79 Å². The van der Waals surface area contributed by atoms with Crippen LogP contribution >= 0.6 is 0 Å². The molecular formula is C21H23F3N2O3S. The summed E-state index contributed by atoms with van der Waals surface area (Å²) in [6.07, 6.45) is -1.14. The SMILES string of the molecule is O=C(CCc1ccc(S(=O)(=O)N2CCCCC2)cc1)Nc1ccc(C(F)(F)F)cc1. The summed E-state index contributed by atoms with van der Waals surface area (Å²) in [5.41, 5.74) is 0.311. The number of rotatable bonds is 6. The topological polar surface area (TPSA) is 66.5 Å². The zero-order valence-corrected chi connectivity index (χ0v) is 17.1. The Bertz CT molecular complexity index is 966. The fourth-order valence-electron chi connectivity index (χ4n) is 3.31. The molecule has 0 bridgehead atoms. The number of hydrogen-bond donors (Lipinski definition) is 1. The van der Waals surface area contributed by atoms with E-state index < -0.39 is 21.8 Å². The Morgan fingerprint density at radius 1 is 0.933 bits per heavy atom. The molecule has 1 saturated heterocycles. The summed E-state index contributed by atoms with van der Waals surface area (Å²) < 4.78 is 64.5. The summed E-state index contributed by atoms with van der Waals surface area (Å²) in [5, 5.41) is 2.56. The minimum absolute atomic E-state index is 0.124. The lowest BCUT2D eigenvalue weighted by atomic mass is 10.1. The molecule has 1 fully saturated rings. The van der Waals surface area contributed by atoms with Gasteiger partial charge in [-0.15, -0.1) is 0 Å². The second-order valence-corrected chi connectivity index (χ2v) is 9.17. The van der Waals surface area contributed by atoms with Crippen molar-refractivity contribution in [1.29, 1.82) is 0 Å². The molecule has 3 rings (SSSR count). The number of piperidine rings is 1. The van der Waals surface area contributed by atoms with Crippen LogP contribution < -0.4 is 5.32 Å². The molecule has 1 N–H and O–H groups in total. The van der Waals surface area contributed by atoms with E-state index in [2.05, 4.69) is 5.32 Å². The van der Waals surface area contributed by atoms with Gasteiger partial charge in [0, 0.05) is 25.2 Å². The largest absolute Gasteiger partial charge is 0.416 e. The first kappa shape index (κ1) is 22.3. The van der Waals surface area contributed by atoms with Crippen LogP contribution in [0.15, 0.2) is 53.4 Å². The fraction of sp³-hybridized carbons (Fsp3) is 0.381. The van der Waals surface area contributed by atoms with Crippen LogP contribution in [0.3, 0.4) is 0 Å². The van der Waals surface area contributed by atoms with Crippen LogP contribution in [0.5, 0.6) is 0 Å². The number of carbonyl (C=O) groups excluding carboxylic acids is 1. The van der Waals surface area contributed by atoms with E-state index in [1.807, 2.05) is 0 Å². The first-order valence-corrected chi connectivity index (χ1v) is 11.2. The van der Waals surface area contributed by atoms with Crippen molar-refractivity contribution < 1.29 is 26.4 Å². The number of hydrogen-bond acceptors (Lipinski definition) is 3. The van der Waals surface area contributed by atoms with Crippen LogP contribution in [0.2, 0.25) is 0 Å². The molecule has 1 aliphatic heterocycles. The maximum Gasteiger partial charge on any atom is 0.416 e. The van der Waals surface area contributed by atoms with Gasteiger partial charge in [0.05, 0.1) is 10.5 Å². The Labute approximate surface area is 173 Å². The average molecular weight is 440 g/mol. The highest BCUT2D eigenvalue weighted by atomic mass is 32.2. The smallest absolute Gasteiger partial charge is 0.326 e. The minimum atomic E-state index is -4.42. The van der Waals surface area contributed by atoms with Gasteiger partial charge in [0.15, 0.2) is 0 Å². The van der Waals surface area contributed by atoms with Gasteiger partial charge in [-0.05, 0) is 61.2 Å². The molecule has 0 atom stereocenters. The second kappa shape index (κ2) is 9.18. The van der Waals surface area contributed by atoms with E-state index in [1.54, 1.807) is 24.3 Å². The molecule has 0 radical (unpaired) electrons. The number of alkyl halides is 3. The van der Waals surface area contributed by atoms with E-state index in [9.17, 15) is 26.4 Å². The summed E-state index contributed by atoms with van der Waals surface area (Å²) >= 11 is 0. The van der Waals surface area contributed by atoms with Gasteiger partial charge in [0.25, 0.3) is 0 Å². The molecule has 5 nitrogen and oxygen atoms in total. The molecule has 0 aliphatic carbocycles. The summed E-state index contributed by atoms with van der Waals surface area (Å²) in [6, 6.07) is 10.7. The number of sulfonamides is 1. The van der Waals surface area contributed by atoms with Crippen molar-refractivity contribution >= 4 is 21.6 Å². The molecule has 1 aliphatic rings. The molecular weight excluding hydrogens is 417 g/mol. The standard InChI is InChI=1S/C21H23F3N2O3S/c22-21(23,24)17-7-9-18(10-8-17)25-20(27)13-6-16-4-11-19(12-5-16)30(28,29)26-14-2-1-3-15-26/h4-5,7-12H,1-3,6,13-15H2,(H,25,27). The van der Waals surface area contributed by atoms with E-state index in [0.717, 1.165) is 37.0 Å². The van der Waals surface area contributed by atoms with Crippen molar-refractivity contribution in [2.24, 2.45) is 0 Å². The highest BCUT2D eigenvalue weighted by molar-refractivity contribution is 7.89. The number of amides is 1. The van der Waals surface area contributed by atoms with E-state index in [4.69, 9.17) is 0 Å². The monoisotopic (exact) mass is 440 g/mol. The molecule has 2 aromatic rings. The third-order valence-electron chi connectivity index (χ3n) is 5.01. The predicted octanol–water partition coefficient (Wildman–Crippen LogP) is 4.45. The van der Waals surface area contributed by atoms with Crippen molar-refractivity contribution in [1.82, 2.24) is 4.31 Å². The fourth-order valence-corrected chi connectivity index (χ4v) is 4.82. The maximum atomic E-state index is 12.6. The minimum Gasteiger partial charge on any atom is -0.326 e. The Morgan fingerprint density at radius 3 is 2.10 bits per heavy atom. The van der Waals surface area contributed by atoms with Crippen LogP contribution in [0.1, 0.15) is 36.8 Å². The first-order valence-electron chi connectivity index (χ1n) is 9.72. The Balaban J connectivity index is 1.54. The highest BCUT2D eigenvalue weighted by Gasteiger charge is 2.30. The van der Waals surface area contributed by atoms with Gasteiger partial charge in [0.2, 0.25) is 15.9 Å². The van der Waals surface area contributed by atoms with Gasteiger partial charge in [-0.25, -0.2) is 8.42 Å². The predicted molar refractivity (Wildman–Crippen MR) is 107 cm³/mol. The second-order valence-electron chi connectivity index (χ2n) is 7.23. The highest BCUT2D eigenvalue weighted by Crippen LogP contribution is 2.29. The number of nitrogens with zero attached hydrogens (tertiary/aromatic N) is 1. The van der Waals surface area contributed by atoms with E-state index in [-0.39, 0.29) is 22.9 Å². The molecule has 1 heterocycles. The maximum absolute atomic E-state index is 12.6. The van der Waals surface area contributed by atoms with Gasteiger partial charge in [0.1, 0.15) is 0 Å². The number of benzene rings is 2.